The maximum Gasteiger partial charge on any atom is 0.271 e. The fourth-order valence-electron chi connectivity index (χ4n) is 4.36. The van der Waals surface area contributed by atoms with Crippen LogP contribution in [0.3, 0.4) is 0 Å². The second kappa shape index (κ2) is 10.7. The Morgan fingerprint density at radius 2 is 1.86 bits per heavy atom. The minimum absolute atomic E-state index is 0.0418. The van der Waals surface area contributed by atoms with Crippen molar-refractivity contribution in [2.45, 2.75) is 32.2 Å². The Hall–Kier alpha value is -3.66. The number of non-ortho nitro benzene ring substituents is 1. The molecule has 2 aromatic carbocycles. The molecule has 10 heteroatoms. The SMILES string of the molecule is COc1cc(Cn2ccnc2C2CCN(C(=S)Nc3cc([N+](=O)[O-])ccc3C)CC2)cc(OC)c1. The van der Waals surface area contributed by atoms with Crippen LogP contribution in [-0.2, 0) is 6.54 Å². The van der Waals surface area contributed by atoms with Crippen molar-refractivity contribution >= 4 is 28.7 Å². The van der Waals surface area contributed by atoms with Gasteiger partial charge in [-0.15, -0.1) is 0 Å². The van der Waals surface area contributed by atoms with Crippen molar-refractivity contribution in [3.05, 3.63) is 75.9 Å². The number of hydrogen-bond acceptors (Lipinski definition) is 6. The number of thiocarbonyl (C=S) groups is 1. The molecule has 1 aliphatic rings. The Bertz CT molecular complexity index is 1200. The molecular weight excluding hydrogens is 466 g/mol. The molecule has 0 saturated carbocycles. The number of methoxy groups -OCH3 is 2. The fraction of sp³-hybridized carbons (Fsp3) is 0.360. The van der Waals surface area contributed by atoms with E-state index in [9.17, 15) is 10.1 Å². The number of hydrogen-bond donors (Lipinski definition) is 1. The number of aryl methyl sites for hydroxylation is 1. The van der Waals surface area contributed by atoms with Gasteiger partial charge in [-0.05, 0) is 55.2 Å². The summed E-state index contributed by atoms with van der Waals surface area (Å²) in [5.41, 5.74) is 2.69. The molecule has 0 radical (unpaired) electrons. The number of nitrogens with zero attached hydrogens (tertiary/aromatic N) is 4. The maximum atomic E-state index is 11.1. The molecule has 2 heterocycles. The number of rotatable bonds is 7. The van der Waals surface area contributed by atoms with Crippen LogP contribution < -0.4 is 14.8 Å². The third-order valence-electron chi connectivity index (χ3n) is 6.33. The molecule has 0 bridgehead atoms. The summed E-state index contributed by atoms with van der Waals surface area (Å²) in [6.07, 6.45) is 5.67. The zero-order valence-electron chi connectivity index (χ0n) is 20.1. The monoisotopic (exact) mass is 495 g/mol. The summed E-state index contributed by atoms with van der Waals surface area (Å²) < 4.78 is 13.0. The molecule has 35 heavy (non-hydrogen) atoms. The molecule has 1 aromatic heterocycles. The molecule has 1 aliphatic heterocycles. The van der Waals surface area contributed by atoms with E-state index in [2.05, 4.69) is 19.8 Å². The van der Waals surface area contributed by atoms with Crippen LogP contribution in [0.2, 0.25) is 0 Å². The van der Waals surface area contributed by atoms with Crippen molar-refractivity contribution in [1.82, 2.24) is 14.5 Å². The first-order chi connectivity index (χ1) is 16.9. The van der Waals surface area contributed by atoms with E-state index in [0.29, 0.717) is 23.3 Å². The smallest absolute Gasteiger partial charge is 0.271 e. The summed E-state index contributed by atoms with van der Waals surface area (Å²) in [7, 11) is 3.29. The topological polar surface area (TPSA) is 94.7 Å². The number of piperidine rings is 1. The highest BCUT2D eigenvalue weighted by atomic mass is 32.1. The van der Waals surface area contributed by atoms with Gasteiger partial charge in [0.05, 0.1) is 19.1 Å². The van der Waals surface area contributed by atoms with E-state index in [1.54, 1.807) is 20.3 Å². The Morgan fingerprint density at radius 1 is 1.17 bits per heavy atom. The van der Waals surface area contributed by atoms with Crippen LogP contribution in [0.25, 0.3) is 0 Å². The van der Waals surface area contributed by atoms with Crippen molar-refractivity contribution in [3.63, 3.8) is 0 Å². The van der Waals surface area contributed by atoms with Gasteiger partial charge in [0.2, 0.25) is 0 Å². The van der Waals surface area contributed by atoms with Gasteiger partial charge in [-0.3, -0.25) is 10.1 Å². The standard InChI is InChI=1S/C25H29N5O4S/c1-17-4-5-20(30(31)32)14-23(17)27-25(35)28-9-6-19(7-10-28)24-26-8-11-29(24)16-18-12-21(33-2)15-22(13-18)34-3/h4-5,8,11-15,19H,6-7,9-10,16H2,1-3H3,(H,27,35). The van der Waals surface area contributed by atoms with Gasteiger partial charge in [-0.1, -0.05) is 6.07 Å². The van der Waals surface area contributed by atoms with Crippen LogP contribution in [0.5, 0.6) is 11.5 Å². The van der Waals surface area contributed by atoms with E-state index in [-0.39, 0.29) is 5.69 Å². The van der Waals surface area contributed by atoms with E-state index < -0.39 is 4.92 Å². The number of nitro benzene ring substituents is 1. The number of benzene rings is 2. The highest BCUT2D eigenvalue weighted by Crippen LogP contribution is 2.30. The molecule has 1 saturated heterocycles. The van der Waals surface area contributed by atoms with Gasteiger partial charge < -0.3 is 24.3 Å². The Morgan fingerprint density at radius 3 is 2.49 bits per heavy atom. The van der Waals surface area contributed by atoms with Gasteiger partial charge in [0, 0.05) is 61.8 Å². The second-order valence-electron chi connectivity index (χ2n) is 8.58. The third-order valence-corrected chi connectivity index (χ3v) is 6.69. The van der Waals surface area contributed by atoms with E-state index in [1.165, 1.54) is 12.1 Å². The molecule has 1 fully saturated rings. The van der Waals surface area contributed by atoms with Gasteiger partial charge in [-0.2, -0.15) is 0 Å². The first-order valence-corrected chi connectivity index (χ1v) is 11.8. The number of anilines is 1. The van der Waals surface area contributed by atoms with Gasteiger partial charge in [0.25, 0.3) is 5.69 Å². The van der Waals surface area contributed by atoms with Crippen molar-refractivity contribution in [3.8, 4) is 11.5 Å². The lowest BCUT2D eigenvalue weighted by Gasteiger charge is -2.34. The number of likely N-dealkylation sites (tertiary alicyclic amines) is 1. The Labute approximate surface area is 209 Å². The average molecular weight is 496 g/mol. The van der Waals surface area contributed by atoms with Gasteiger partial charge in [0.15, 0.2) is 5.11 Å². The summed E-state index contributed by atoms with van der Waals surface area (Å²) in [6, 6.07) is 10.6. The summed E-state index contributed by atoms with van der Waals surface area (Å²) in [4.78, 5) is 17.5. The second-order valence-corrected chi connectivity index (χ2v) is 8.97. The predicted molar refractivity (Wildman–Crippen MR) is 138 cm³/mol. The number of imidazole rings is 1. The number of nitrogens with one attached hydrogen (secondary N) is 1. The summed E-state index contributed by atoms with van der Waals surface area (Å²) in [5.74, 6) is 2.89. The lowest BCUT2D eigenvalue weighted by atomic mass is 9.96. The fourth-order valence-corrected chi connectivity index (χ4v) is 4.65. The zero-order chi connectivity index (χ0) is 24.9. The first kappa shape index (κ1) is 24.5. The molecule has 0 atom stereocenters. The number of nitro groups is 1. The molecule has 9 nitrogen and oxygen atoms in total. The van der Waals surface area contributed by atoms with Crippen LogP contribution in [-0.4, -0.2) is 51.8 Å². The van der Waals surface area contributed by atoms with Crippen LogP contribution in [0, 0.1) is 17.0 Å². The molecule has 0 aliphatic carbocycles. The molecule has 4 rings (SSSR count). The lowest BCUT2D eigenvalue weighted by molar-refractivity contribution is -0.384. The summed E-state index contributed by atoms with van der Waals surface area (Å²) >= 11 is 5.62. The van der Waals surface area contributed by atoms with E-state index >= 15 is 0 Å². The lowest BCUT2D eigenvalue weighted by Crippen LogP contribution is -2.40. The highest BCUT2D eigenvalue weighted by molar-refractivity contribution is 7.80. The molecule has 184 valence electrons. The normalized spacial score (nSPS) is 14.0. The van der Waals surface area contributed by atoms with Crippen LogP contribution in [0.1, 0.15) is 35.7 Å². The van der Waals surface area contributed by atoms with E-state index in [4.69, 9.17) is 21.7 Å². The summed E-state index contributed by atoms with van der Waals surface area (Å²) in [6.45, 7) is 4.14. The van der Waals surface area contributed by atoms with Gasteiger partial charge in [-0.25, -0.2) is 4.98 Å². The minimum Gasteiger partial charge on any atom is -0.497 e. The highest BCUT2D eigenvalue weighted by Gasteiger charge is 2.25. The maximum absolute atomic E-state index is 11.1. The van der Waals surface area contributed by atoms with Crippen molar-refractivity contribution < 1.29 is 14.4 Å². The third kappa shape index (κ3) is 5.71. The minimum atomic E-state index is -0.400. The van der Waals surface area contributed by atoms with Crippen molar-refractivity contribution in [1.29, 1.82) is 0 Å². The number of aromatic nitrogens is 2. The molecule has 0 spiro atoms. The summed E-state index contributed by atoms with van der Waals surface area (Å²) in [5, 5.41) is 14.9. The molecule has 1 N–H and O–H groups in total. The predicted octanol–water partition coefficient (Wildman–Crippen LogP) is 4.74. The van der Waals surface area contributed by atoms with E-state index in [1.807, 2.05) is 37.5 Å². The van der Waals surface area contributed by atoms with Crippen LogP contribution in [0.15, 0.2) is 48.8 Å². The van der Waals surface area contributed by atoms with Gasteiger partial charge >= 0.3 is 0 Å². The molecule has 0 amide bonds. The van der Waals surface area contributed by atoms with Crippen molar-refractivity contribution in [2.24, 2.45) is 0 Å². The molecule has 0 unspecified atom stereocenters. The quantitative estimate of drug-likeness (QED) is 0.285. The van der Waals surface area contributed by atoms with Gasteiger partial charge in [0.1, 0.15) is 17.3 Å². The van der Waals surface area contributed by atoms with Crippen LogP contribution in [0.4, 0.5) is 11.4 Å². The Balaban J connectivity index is 1.40. The largest absolute Gasteiger partial charge is 0.497 e. The Kier molecular flexibility index (Phi) is 7.50. The number of ether oxygens (including phenoxy) is 2. The zero-order valence-corrected chi connectivity index (χ0v) is 20.9. The van der Waals surface area contributed by atoms with E-state index in [0.717, 1.165) is 54.4 Å². The van der Waals surface area contributed by atoms with Crippen LogP contribution >= 0.6 is 12.2 Å². The van der Waals surface area contributed by atoms with Crippen molar-refractivity contribution in [2.75, 3.05) is 32.6 Å². The molecule has 3 aromatic rings. The average Bonchev–Trinajstić information content (AvgIpc) is 3.32. The molecular formula is C25H29N5O4S. The first-order valence-electron chi connectivity index (χ1n) is 11.4.